The summed E-state index contributed by atoms with van der Waals surface area (Å²) < 4.78 is 6.66. The molecular weight excluding hydrogens is 210 g/mol. The Morgan fingerprint density at radius 3 is 2.56 bits per heavy atom. The zero-order valence-electron chi connectivity index (χ0n) is 8.53. The molecule has 6 heteroatoms. The van der Waals surface area contributed by atoms with E-state index in [2.05, 4.69) is 4.98 Å². The third-order valence-electron chi connectivity index (χ3n) is 2.13. The summed E-state index contributed by atoms with van der Waals surface area (Å²) in [6.45, 7) is 0. The van der Waals surface area contributed by atoms with E-state index in [0.29, 0.717) is 5.88 Å². The summed E-state index contributed by atoms with van der Waals surface area (Å²) in [4.78, 5) is 14.0. The summed E-state index contributed by atoms with van der Waals surface area (Å²) >= 11 is 0. The Kier molecular flexibility index (Phi) is 2.55. The lowest BCUT2D eigenvalue weighted by Gasteiger charge is -2.00. The number of non-ortho nitro benzene ring substituents is 1. The molecule has 0 saturated carbocycles. The average molecular weight is 219 g/mol. The maximum Gasteiger partial charge on any atom is 0.269 e. The summed E-state index contributed by atoms with van der Waals surface area (Å²) in [6, 6.07) is 6.20. The van der Waals surface area contributed by atoms with Gasteiger partial charge in [0, 0.05) is 17.8 Å². The van der Waals surface area contributed by atoms with Crippen molar-refractivity contribution in [1.29, 1.82) is 0 Å². The number of aromatic nitrogens is 2. The van der Waals surface area contributed by atoms with E-state index in [0.717, 1.165) is 5.69 Å². The fraction of sp³-hybridized carbons (Fsp3) is 0.100. The Morgan fingerprint density at radius 2 is 2.06 bits per heavy atom. The van der Waals surface area contributed by atoms with Crippen LogP contribution >= 0.6 is 0 Å². The minimum Gasteiger partial charge on any atom is -0.480 e. The number of hydrogen-bond donors (Lipinski definition) is 0. The first-order chi connectivity index (χ1) is 7.70. The normalized spacial score (nSPS) is 10.1. The second-order valence-electron chi connectivity index (χ2n) is 3.10. The summed E-state index contributed by atoms with van der Waals surface area (Å²) in [7, 11) is 1.53. The number of imidazole rings is 1. The van der Waals surface area contributed by atoms with Crippen LogP contribution in [0.4, 0.5) is 5.69 Å². The predicted octanol–water partition coefficient (Wildman–Crippen LogP) is 1.79. The molecule has 0 unspecified atom stereocenters. The average Bonchev–Trinajstić information content (AvgIpc) is 2.77. The fourth-order valence-electron chi connectivity index (χ4n) is 1.30. The number of nitrogens with zero attached hydrogens (tertiary/aromatic N) is 3. The number of hydrogen-bond acceptors (Lipinski definition) is 4. The van der Waals surface area contributed by atoms with Crippen molar-refractivity contribution in [1.82, 2.24) is 9.55 Å². The molecule has 0 N–H and O–H groups in total. The van der Waals surface area contributed by atoms with Gasteiger partial charge in [0.05, 0.1) is 18.2 Å². The van der Waals surface area contributed by atoms with E-state index < -0.39 is 4.92 Å². The monoisotopic (exact) mass is 219 g/mol. The molecule has 6 nitrogen and oxygen atoms in total. The lowest BCUT2D eigenvalue weighted by molar-refractivity contribution is -0.384. The highest BCUT2D eigenvalue weighted by Crippen LogP contribution is 2.16. The van der Waals surface area contributed by atoms with Gasteiger partial charge in [-0.3, -0.25) is 10.1 Å². The van der Waals surface area contributed by atoms with Crippen molar-refractivity contribution in [2.75, 3.05) is 7.11 Å². The van der Waals surface area contributed by atoms with Gasteiger partial charge in [0.1, 0.15) is 6.33 Å². The molecule has 1 aromatic carbocycles. The van der Waals surface area contributed by atoms with Gasteiger partial charge in [-0.25, -0.2) is 4.98 Å². The standard InChI is InChI=1S/C10H9N3O3/c1-16-10-6-12(7-11-10)8-2-4-9(5-3-8)13(14)15/h2-7H,1H3. The van der Waals surface area contributed by atoms with Crippen molar-refractivity contribution in [3.63, 3.8) is 0 Å². The number of ether oxygens (including phenoxy) is 1. The molecule has 0 aliphatic rings. The molecule has 0 radical (unpaired) electrons. The van der Waals surface area contributed by atoms with Crippen molar-refractivity contribution < 1.29 is 9.66 Å². The van der Waals surface area contributed by atoms with Gasteiger partial charge in [-0.05, 0) is 12.1 Å². The second-order valence-corrected chi connectivity index (χ2v) is 3.10. The summed E-state index contributed by atoms with van der Waals surface area (Å²) in [5, 5.41) is 10.5. The Morgan fingerprint density at radius 1 is 1.38 bits per heavy atom. The molecule has 2 rings (SSSR count). The number of rotatable bonds is 3. The first-order valence-corrected chi connectivity index (χ1v) is 4.53. The van der Waals surface area contributed by atoms with Crippen molar-refractivity contribution in [2.45, 2.75) is 0 Å². The van der Waals surface area contributed by atoms with Crippen molar-refractivity contribution in [3.8, 4) is 11.6 Å². The summed E-state index contributed by atoms with van der Waals surface area (Å²) in [6.07, 6.45) is 3.28. The molecule has 0 aliphatic heterocycles. The molecule has 16 heavy (non-hydrogen) atoms. The van der Waals surface area contributed by atoms with Crippen LogP contribution in [0.15, 0.2) is 36.8 Å². The topological polar surface area (TPSA) is 70.2 Å². The van der Waals surface area contributed by atoms with Crippen LogP contribution in [0.25, 0.3) is 5.69 Å². The number of methoxy groups -OCH3 is 1. The Hall–Kier alpha value is -2.37. The van der Waals surface area contributed by atoms with E-state index in [1.165, 1.54) is 19.2 Å². The molecule has 82 valence electrons. The van der Waals surface area contributed by atoms with Crippen molar-refractivity contribution >= 4 is 5.69 Å². The van der Waals surface area contributed by atoms with Crippen LogP contribution in [-0.2, 0) is 0 Å². The molecule has 1 heterocycles. The van der Waals surface area contributed by atoms with E-state index in [1.54, 1.807) is 29.2 Å². The van der Waals surface area contributed by atoms with E-state index in [1.807, 2.05) is 0 Å². The van der Waals surface area contributed by atoms with Gasteiger partial charge in [0.15, 0.2) is 0 Å². The van der Waals surface area contributed by atoms with Crippen LogP contribution in [0.1, 0.15) is 0 Å². The summed E-state index contributed by atoms with van der Waals surface area (Å²) in [5.74, 6) is 0.498. The first-order valence-electron chi connectivity index (χ1n) is 4.53. The second kappa shape index (κ2) is 4.01. The minimum absolute atomic E-state index is 0.0656. The third kappa shape index (κ3) is 1.85. The van der Waals surface area contributed by atoms with Crippen LogP contribution in [0.2, 0.25) is 0 Å². The highest BCUT2D eigenvalue weighted by Gasteiger charge is 2.05. The zero-order valence-corrected chi connectivity index (χ0v) is 8.53. The van der Waals surface area contributed by atoms with Gasteiger partial charge in [0.25, 0.3) is 5.69 Å². The molecule has 0 aliphatic carbocycles. The molecule has 0 spiro atoms. The lowest BCUT2D eigenvalue weighted by atomic mass is 10.3. The molecule has 1 aromatic heterocycles. The zero-order chi connectivity index (χ0) is 11.5. The number of nitro benzene ring substituents is 1. The first kappa shape index (κ1) is 10.2. The lowest BCUT2D eigenvalue weighted by Crippen LogP contribution is -1.91. The van der Waals surface area contributed by atoms with Crippen molar-refractivity contribution in [3.05, 3.63) is 46.9 Å². The van der Waals surface area contributed by atoms with Gasteiger partial charge in [-0.1, -0.05) is 0 Å². The molecule has 0 saturated heterocycles. The smallest absolute Gasteiger partial charge is 0.269 e. The molecule has 0 bridgehead atoms. The van der Waals surface area contributed by atoms with Gasteiger partial charge < -0.3 is 9.30 Å². The van der Waals surface area contributed by atoms with Crippen LogP contribution in [0, 0.1) is 10.1 Å². The maximum atomic E-state index is 10.5. The van der Waals surface area contributed by atoms with E-state index in [-0.39, 0.29) is 5.69 Å². The molecule has 2 aromatic rings. The number of benzene rings is 1. The van der Waals surface area contributed by atoms with E-state index in [4.69, 9.17) is 4.74 Å². The SMILES string of the molecule is COc1cn(-c2ccc([N+](=O)[O-])cc2)cn1. The van der Waals surface area contributed by atoms with E-state index in [9.17, 15) is 10.1 Å². The third-order valence-corrected chi connectivity index (χ3v) is 2.13. The summed E-state index contributed by atoms with van der Waals surface area (Å²) in [5.41, 5.74) is 0.859. The molecular formula is C10H9N3O3. The highest BCUT2D eigenvalue weighted by molar-refractivity contribution is 5.41. The minimum atomic E-state index is -0.432. The Bertz CT molecular complexity index is 504. The van der Waals surface area contributed by atoms with E-state index >= 15 is 0 Å². The number of nitro groups is 1. The van der Waals surface area contributed by atoms with Gasteiger partial charge >= 0.3 is 0 Å². The van der Waals surface area contributed by atoms with Gasteiger partial charge in [-0.2, -0.15) is 0 Å². The van der Waals surface area contributed by atoms with Crippen LogP contribution in [0.3, 0.4) is 0 Å². The fourth-order valence-corrected chi connectivity index (χ4v) is 1.30. The largest absolute Gasteiger partial charge is 0.480 e. The maximum absolute atomic E-state index is 10.5. The Labute approximate surface area is 91.3 Å². The molecule has 0 fully saturated rings. The molecule has 0 amide bonds. The highest BCUT2D eigenvalue weighted by atomic mass is 16.6. The van der Waals surface area contributed by atoms with Gasteiger partial charge in [0.2, 0.25) is 5.88 Å². The van der Waals surface area contributed by atoms with Gasteiger partial charge in [-0.15, -0.1) is 0 Å². The van der Waals surface area contributed by atoms with Crippen LogP contribution in [-0.4, -0.2) is 21.6 Å². The molecule has 0 atom stereocenters. The van der Waals surface area contributed by atoms with Crippen LogP contribution in [0.5, 0.6) is 5.88 Å². The van der Waals surface area contributed by atoms with Crippen molar-refractivity contribution in [2.24, 2.45) is 0 Å². The quantitative estimate of drug-likeness (QED) is 0.582. The predicted molar refractivity (Wildman–Crippen MR) is 56.8 cm³/mol. The Balaban J connectivity index is 2.30. The van der Waals surface area contributed by atoms with Crippen LogP contribution < -0.4 is 4.74 Å².